The number of para-hydroxylation sites is 1. The Labute approximate surface area is 97.0 Å². The van der Waals surface area contributed by atoms with Crippen molar-refractivity contribution in [2.75, 3.05) is 6.61 Å². The van der Waals surface area contributed by atoms with E-state index in [1.54, 1.807) is 0 Å². The number of fused-ring (bicyclic) bond motifs is 1. The molecule has 3 N–H and O–H groups in total. The van der Waals surface area contributed by atoms with E-state index in [0.717, 1.165) is 5.75 Å². The molecule has 0 aromatic heterocycles. The maximum Gasteiger partial charge on any atom is 0.122 e. The van der Waals surface area contributed by atoms with Crippen molar-refractivity contribution in [2.24, 2.45) is 11.3 Å². The van der Waals surface area contributed by atoms with E-state index >= 15 is 0 Å². The third-order valence-corrected chi connectivity index (χ3v) is 3.25. The lowest BCUT2D eigenvalue weighted by atomic mass is 9.77. The minimum atomic E-state index is 0.111. The van der Waals surface area contributed by atoms with Crippen LogP contribution in [0.4, 0.5) is 0 Å². The molecule has 1 aromatic carbocycles. The molecule has 0 amide bonds. The van der Waals surface area contributed by atoms with Crippen LogP contribution >= 0.6 is 0 Å². The van der Waals surface area contributed by atoms with E-state index in [1.807, 2.05) is 12.1 Å². The molecule has 1 heterocycles. The van der Waals surface area contributed by atoms with Crippen molar-refractivity contribution in [1.29, 1.82) is 0 Å². The zero-order valence-corrected chi connectivity index (χ0v) is 10.2. The maximum absolute atomic E-state index is 5.69. The Balaban J connectivity index is 2.30. The Morgan fingerprint density at radius 3 is 2.69 bits per heavy atom. The van der Waals surface area contributed by atoms with Crippen LogP contribution in [0.2, 0.25) is 0 Å². The summed E-state index contributed by atoms with van der Waals surface area (Å²) in [5.74, 6) is 7.02. The lowest BCUT2D eigenvalue weighted by molar-refractivity contribution is 0.204. The van der Waals surface area contributed by atoms with Crippen LogP contribution in [0, 0.1) is 5.41 Å². The number of benzene rings is 1. The van der Waals surface area contributed by atoms with Gasteiger partial charge >= 0.3 is 0 Å². The van der Waals surface area contributed by atoms with Crippen LogP contribution in [0.3, 0.4) is 0 Å². The Morgan fingerprint density at radius 2 is 2.06 bits per heavy atom. The van der Waals surface area contributed by atoms with Crippen molar-refractivity contribution in [1.82, 2.24) is 5.43 Å². The third kappa shape index (κ3) is 1.93. The predicted octanol–water partition coefficient (Wildman–Crippen LogP) is 2.04. The van der Waals surface area contributed by atoms with Gasteiger partial charge in [-0.15, -0.1) is 0 Å². The van der Waals surface area contributed by atoms with Gasteiger partial charge in [0.05, 0.1) is 6.61 Å². The quantitative estimate of drug-likeness (QED) is 0.592. The highest BCUT2D eigenvalue weighted by Gasteiger charge is 2.37. The van der Waals surface area contributed by atoms with Gasteiger partial charge in [-0.1, -0.05) is 39.0 Å². The topological polar surface area (TPSA) is 47.3 Å². The summed E-state index contributed by atoms with van der Waals surface area (Å²) < 4.78 is 5.69. The lowest BCUT2D eigenvalue weighted by Crippen LogP contribution is -2.48. The maximum atomic E-state index is 5.69. The molecule has 2 unspecified atom stereocenters. The van der Waals surface area contributed by atoms with E-state index in [2.05, 4.69) is 38.3 Å². The summed E-state index contributed by atoms with van der Waals surface area (Å²) in [6.45, 7) is 7.29. The Kier molecular flexibility index (Phi) is 2.91. The molecule has 3 heteroatoms. The Bertz CT molecular complexity index is 370. The lowest BCUT2D eigenvalue weighted by Gasteiger charge is -2.34. The minimum absolute atomic E-state index is 0.111. The van der Waals surface area contributed by atoms with Gasteiger partial charge in [0.2, 0.25) is 0 Å². The van der Waals surface area contributed by atoms with Gasteiger partial charge in [0.25, 0.3) is 0 Å². The molecule has 0 aliphatic carbocycles. The Hall–Kier alpha value is -1.06. The molecule has 2 rings (SSSR count). The van der Waals surface area contributed by atoms with Gasteiger partial charge in [-0.25, -0.2) is 0 Å². The monoisotopic (exact) mass is 220 g/mol. The second-order valence-electron chi connectivity index (χ2n) is 5.47. The number of rotatable bonds is 2. The van der Waals surface area contributed by atoms with Crippen LogP contribution in [-0.2, 0) is 0 Å². The summed E-state index contributed by atoms with van der Waals surface area (Å²) in [6.07, 6.45) is 0. The third-order valence-electron chi connectivity index (χ3n) is 3.25. The fourth-order valence-electron chi connectivity index (χ4n) is 2.43. The average Bonchev–Trinajstić information content (AvgIpc) is 2.61. The van der Waals surface area contributed by atoms with E-state index in [9.17, 15) is 0 Å². The summed E-state index contributed by atoms with van der Waals surface area (Å²) in [5.41, 5.74) is 4.32. The summed E-state index contributed by atoms with van der Waals surface area (Å²) >= 11 is 0. The van der Waals surface area contributed by atoms with Gasteiger partial charge in [0.1, 0.15) is 5.75 Å². The van der Waals surface area contributed by atoms with Crippen LogP contribution in [0.15, 0.2) is 24.3 Å². The largest absolute Gasteiger partial charge is 0.493 e. The Morgan fingerprint density at radius 1 is 1.38 bits per heavy atom. The molecule has 2 atom stereocenters. The van der Waals surface area contributed by atoms with Crippen LogP contribution in [0.1, 0.15) is 32.3 Å². The van der Waals surface area contributed by atoms with Crippen molar-refractivity contribution in [3.05, 3.63) is 29.8 Å². The van der Waals surface area contributed by atoms with Gasteiger partial charge < -0.3 is 4.74 Å². The molecule has 0 saturated carbocycles. The molecule has 1 aromatic rings. The number of hydrogen-bond donors (Lipinski definition) is 2. The van der Waals surface area contributed by atoms with Crippen molar-refractivity contribution >= 4 is 0 Å². The number of nitrogens with two attached hydrogens (primary N) is 1. The first-order valence-corrected chi connectivity index (χ1v) is 5.72. The first-order chi connectivity index (χ1) is 7.54. The van der Waals surface area contributed by atoms with Gasteiger partial charge in [-0.05, 0) is 11.5 Å². The van der Waals surface area contributed by atoms with Crippen molar-refractivity contribution in [3.63, 3.8) is 0 Å². The van der Waals surface area contributed by atoms with Gasteiger partial charge in [-0.2, -0.15) is 0 Å². The first kappa shape index (κ1) is 11.4. The molecule has 88 valence electrons. The molecular weight excluding hydrogens is 200 g/mol. The van der Waals surface area contributed by atoms with E-state index in [-0.39, 0.29) is 11.5 Å². The fraction of sp³-hybridized carbons (Fsp3) is 0.538. The van der Waals surface area contributed by atoms with E-state index in [4.69, 9.17) is 10.6 Å². The van der Waals surface area contributed by atoms with E-state index < -0.39 is 0 Å². The molecule has 1 aliphatic rings. The van der Waals surface area contributed by atoms with Crippen LogP contribution < -0.4 is 16.0 Å². The minimum Gasteiger partial charge on any atom is -0.493 e. The van der Waals surface area contributed by atoms with Crippen LogP contribution in [0.25, 0.3) is 0 Å². The number of hydrogen-bond acceptors (Lipinski definition) is 3. The molecule has 0 spiro atoms. The van der Waals surface area contributed by atoms with Crippen molar-refractivity contribution < 1.29 is 4.74 Å². The summed E-state index contributed by atoms with van der Waals surface area (Å²) in [5, 5.41) is 0. The van der Waals surface area contributed by atoms with Crippen LogP contribution in [-0.4, -0.2) is 12.6 Å². The molecule has 1 aliphatic heterocycles. The summed E-state index contributed by atoms with van der Waals surface area (Å²) in [6, 6.07) is 8.42. The average molecular weight is 220 g/mol. The van der Waals surface area contributed by atoms with Gasteiger partial charge in [-0.3, -0.25) is 11.3 Å². The normalized spacial score (nSPS) is 21.4. The number of nitrogens with one attached hydrogen (secondary N) is 1. The molecular formula is C13H20N2O. The molecule has 0 bridgehead atoms. The summed E-state index contributed by atoms with van der Waals surface area (Å²) in [7, 11) is 0. The van der Waals surface area contributed by atoms with Gasteiger partial charge in [0, 0.05) is 17.5 Å². The molecule has 0 radical (unpaired) electrons. The van der Waals surface area contributed by atoms with E-state index in [1.165, 1.54) is 5.56 Å². The van der Waals surface area contributed by atoms with Crippen LogP contribution in [0.5, 0.6) is 5.75 Å². The highest BCUT2D eigenvalue weighted by atomic mass is 16.5. The highest BCUT2D eigenvalue weighted by molar-refractivity contribution is 5.40. The van der Waals surface area contributed by atoms with E-state index in [0.29, 0.717) is 12.5 Å². The molecule has 3 nitrogen and oxygen atoms in total. The second kappa shape index (κ2) is 4.07. The number of ether oxygens (including phenoxy) is 1. The first-order valence-electron chi connectivity index (χ1n) is 5.72. The summed E-state index contributed by atoms with van der Waals surface area (Å²) in [4.78, 5) is 0. The predicted molar refractivity (Wildman–Crippen MR) is 65.2 cm³/mol. The fourth-order valence-corrected chi connectivity index (χ4v) is 2.43. The number of hydrazine groups is 1. The van der Waals surface area contributed by atoms with Crippen molar-refractivity contribution in [2.45, 2.75) is 32.7 Å². The van der Waals surface area contributed by atoms with Gasteiger partial charge in [0.15, 0.2) is 0 Å². The zero-order valence-electron chi connectivity index (χ0n) is 10.2. The molecule has 16 heavy (non-hydrogen) atoms. The standard InChI is InChI=1S/C13H20N2O/c1-13(2,3)12(15-14)10-8-16-11-7-5-4-6-9(10)11/h4-7,10,12,15H,8,14H2,1-3H3. The zero-order chi connectivity index (χ0) is 11.8. The molecule has 0 saturated heterocycles. The molecule has 0 fully saturated rings. The highest BCUT2D eigenvalue weighted by Crippen LogP contribution is 2.40. The smallest absolute Gasteiger partial charge is 0.122 e. The van der Waals surface area contributed by atoms with Crippen molar-refractivity contribution in [3.8, 4) is 5.75 Å². The second-order valence-corrected chi connectivity index (χ2v) is 5.47. The SMILES string of the molecule is CC(C)(C)C(NN)C1COc2ccccc21.